The fraction of sp³-hybridized carbons (Fsp3) is 0.429. The van der Waals surface area contributed by atoms with Crippen LogP contribution in [0.2, 0.25) is 0 Å². The van der Waals surface area contributed by atoms with Crippen LogP contribution in [0.25, 0.3) is 33.5 Å². The standard InChI is InChI=1S/C28H33N5O/c1-4-19-6-5-7-21-13-25(33(26(19)21)16-18-8-9-18)27-30-23-14-22-20(12-24(23)31(27)3)10-11-32(28(22)34)15-17(2)29/h5-7,12-14,17-18H,4,8-11,15-16,29H2,1-3H3. The van der Waals surface area contributed by atoms with Gasteiger partial charge in [-0.25, -0.2) is 4.98 Å². The smallest absolute Gasteiger partial charge is 0.254 e. The lowest BCUT2D eigenvalue weighted by atomic mass is 9.97. The summed E-state index contributed by atoms with van der Waals surface area (Å²) >= 11 is 0. The van der Waals surface area contributed by atoms with Crippen LogP contribution in [0.3, 0.4) is 0 Å². The Labute approximate surface area is 200 Å². The third-order valence-electron chi connectivity index (χ3n) is 7.53. The first-order valence-corrected chi connectivity index (χ1v) is 12.6. The normalized spacial score (nSPS) is 17.1. The van der Waals surface area contributed by atoms with Gasteiger partial charge in [-0.15, -0.1) is 0 Å². The molecular weight excluding hydrogens is 422 g/mol. The molecule has 2 aliphatic rings. The number of aromatic nitrogens is 3. The first-order chi connectivity index (χ1) is 16.4. The lowest BCUT2D eigenvalue weighted by Gasteiger charge is -2.29. The summed E-state index contributed by atoms with van der Waals surface area (Å²) in [5.41, 5.74) is 13.7. The molecule has 2 N–H and O–H groups in total. The monoisotopic (exact) mass is 455 g/mol. The molecule has 0 spiro atoms. The van der Waals surface area contributed by atoms with E-state index in [9.17, 15) is 4.79 Å². The number of rotatable bonds is 6. The molecule has 3 heterocycles. The van der Waals surface area contributed by atoms with Crippen molar-refractivity contribution in [1.29, 1.82) is 0 Å². The molecule has 2 aromatic heterocycles. The maximum atomic E-state index is 13.2. The second-order valence-electron chi connectivity index (χ2n) is 10.3. The van der Waals surface area contributed by atoms with Crippen LogP contribution in [0, 0.1) is 5.92 Å². The largest absolute Gasteiger partial charge is 0.337 e. The van der Waals surface area contributed by atoms with Gasteiger partial charge in [-0.3, -0.25) is 4.79 Å². The zero-order valence-electron chi connectivity index (χ0n) is 20.3. The van der Waals surface area contributed by atoms with Gasteiger partial charge < -0.3 is 19.8 Å². The van der Waals surface area contributed by atoms with Crippen molar-refractivity contribution in [3.8, 4) is 11.5 Å². The number of amides is 1. The lowest BCUT2D eigenvalue weighted by molar-refractivity contribution is 0.0732. The first kappa shape index (κ1) is 21.4. The van der Waals surface area contributed by atoms with E-state index in [2.05, 4.69) is 53.4 Å². The van der Waals surface area contributed by atoms with Crippen LogP contribution in [0.1, 0.15) is 48.2 Å². The van der Waals surface area contributed by atoms with Gasteiger partial charge in [-0.2, -0.15) is 0 Å². The molecule has 6 nitrogen and oxygen atoms in total. The van der Waals surface area contributed by atoms with Gasteiger partial charge in [0.15, 0.2) is 5.82 Å². The number of para-hydroxylation sites is 1. The van der Waals surface area contributed by atoms with Gasteiger partial charge in [0, 0.05) is 43.7 Å². The Hall–Kier alpha value is -3.12. The van der Waals surface area contributed by atoms with Crippen molar-refractivity contribution in [2.45, 2.75) is 52.1 Å². The van der Waals surface area contributed by atoms with E-state index in [1.807, 2.05) is 17.9 Å². The molecule has 176 valence electrons. The second kappa shape index (κ2) is 7.98. The molecule has 1 aliphatic heterocycles. The number of benzene rings is 2. The molecule has 1 fully saturated rings. The fourth-order valence-electron chi connectivity index (χ4n) is 5.59. The van der Waals surface area contributed by atoms with Crippen LogP contribution in [0.5, 0.6) is 0 Å². The average Bonchev–Trinajstić information content (AvgIpc) is 3.49. The van der Waals surface area contributed by atoms with E-state index in [0.717, 1.165) is 59.8 Å². The van der Waals surface area contributed by atoms with E-state index >= 15 is 0 Å². The lowest BCUT2D eigenvalue weighted by Crippen LogP contribution is -2.43. The van der Waals surface area contributed by atoms with Gasteiger partial charge in [0.25, 0.3) is 5.91 Å². The number of carbonyl (C=O) groups excluding carboxylic acids is 1. The van der Waals surface area contributed by atoms with E-state index < -0.39 is 0 Å². The predicted octanol–water partition coefficient (Wildman–Crippen LogP) is 4.51. The Morgan fingerprint density at radius 1 is 1.21 bits per heavy atom. The Morgan fingerprint density at radius 2 is 2.03 bits per heavy atom. The summed E-state index contributed by atoms with van der Waals surface area (Å²) in [4.78, 5) is 20.1. The fourth-order valence-corrected chi connectivity index (χ4v) is 5.59. The molecule has 1 saturated carbocycles. The van der Waals surface area contributed by atoms with Crippen LogP contribution in [0.15, 0.2) is 36.4 Å². The highest BCUT2D eigenvalue weighted by Gasteiger charge is 2.28. The number of nitrogens with zero attached hydrogens (tertiary/aromatic N) is 4. The average molecular weight is 456 g/mol. The Bertz CT molecular complexity index is 1420. The molecule has 1 aliphatic carbocycles. The minimum absolute atomic E-state index is 0.0305. The summed E-state index contributed by atoms with van der Waals surface area (Å²) in [5.74, 6) is 1.80. The van der Waals surface area contributed by atoms with E-state index in [0.29, 0.717) is 6.54 Å². The van der Waals surface area contributed by atoms with Crippen LogP contribution in [-0.4, -0.2) is 44.1 Å². The molecule has 6 heteroatoms. The maximum absolute atomic E-state index is 13.2. The summed E-state index contributed by atoms with van der Waals surface area (Å²) in [6.45, 7) is 6.53. The van der Waals surface area contributed by atoms with Crippen molar-refractivity contribution in [2.24, 2.45) is 18.7 Å². The molecule has 34 heavy (non-hydrogen) atoms. The number of hydrogen-bond donors (Lipinski definition) is 1. The minimum atomic E-state index is -0.0305. The molecule has 6 rings (SSSR count). The van der Waals surface area contributed by atoms with Crippen molar-refractivity contribution in [3.63, 3.8) is 0 Å². The van der Waals surface area contributed by atoms with E-state index in [1.54, 1.807) is 0 Å². The van der Waals surface area contributed by atoms with Crippen LogP contribution in [0.4, 0.5) is 0 Å². The van der Waals surface area contributed by atoms with Crippen molar-refractivity contribution >= 4 is 27.8 Å². The number of carbonyl (C=O) groups is 1. The predicted molar refractivity (Wildman–Crippen MR) is 137 cm³/mol. The molecule has 2 aromatic carbocycles. The minimum Gasteiger partial charge on any atom is -0.337 e. The van der Waals surface area contributed by atoms with Crippen molar-refractivity contribution in [2.75, 3.05) is 13.1 Å². The van der Waals surface area contributed by atoms with E-state index in [1.165, 1.54) is 35.0 Å². The number of nitrogens with two attached hydrogens (primary N) is 1. The summed E-state index contributed by atoms with van der Waals surface area (Å²) in [7, 11) is 2.10. The number of hydrogen-bond acceptors (Lipinski definition) is 3. The maximum Gasteiger partial charge on any atom is 0.254 e. The Balaban J connectivity index is 1.50. The molecule has 0 bridgehead atoms. The zero-order valence-corrected chi connectivity index (χ0v) is 20.3. The van der Waals surface area contributed by atoms with Gasteiger partial charge in [0.2, 0.25) is 0 Å². The Kier molecular flexibility index (Phi) is 5.03. The van der Waals surface area contributed by atoms with Crippen molar-refractivity contribution in [1.82, 2.24) is 19.0 Å². The van der Waals surface area contributed by atoms with Gasteiger partial charge in [-0.05, 0) is 67.9 Å². The first-order valence-electron chi connectivity index (χ1n) is 12.6. The van der Waals surface area contributed by atoms with Crippen molar-refractivity contribution < 1.29 is 4.79 Å². The summed E-state index contributed by atoms with van der Waals surface area (Å²) in [6.07, 6.45) is 4.48. The molecule has 0 radical (unpaired) electrons. The third-order valence-corrected chi connectivity index (χ3v) is 7.53. The SMILES string of the molecule is CCc1cccc2cc(-c3nc4cc5c(cc4n3C)CCN(CC(C)N)C5=O)n(CC3CC3)c12. The number of imidazole rings is 1. The summed E-state index contributed by atoms with van der Waals surface area (Å²) in [5, 5.41) is 1.28. The Morgan fingerprint density at radius 3 is 2.76 bits per heavy atom. The van der Waals surface area contributed by atoms with Crippen LogP contribution < -0.4 is 5.73 Å². The van der Waals surface area contributed by atoms with Gasteiger partial charge in [0.05, 0.1) is 22.2 Å². The van der Waals surface area contributed by atoms with E-state index in [4.69, 9.17) is 10.7 Å². The summed E-state index contributed by atoms with van der Waals surface area (Å²) in [6, 6.07) is 13.1. The van der Waals surface area contributed by atoms with Crippen LogP contribution >= 0.6 is 0 Å². The van der Waals surface area contributed by atoms with Gasteiger partial charge >= 0.3 is 0 Å². The highest BCUT2D eigenvalue weighted by atomic mass is 16.2. The molecule has 1 amide bonds. The second-order valence-corrected chi connectivity index (χ2v) is 10.3. The molecule has 4 aromatic rings. The van der Waals surface area contributed by atoms with E-state index in [-0.39, 0.29) is 11.9 Å². The molecular formula is C28H33N5O. The number of aryl methyl sites for hydroxylation is 2. The van der Waals surface area contributed by atoms with Gasteiger partial charge in [-0.1, -0.05) is 25.1 Å². The quantitative estimate of drug-likeness (QED) is 0.465. The zero-order chi connectivity index (χ0) is 23.6. The van der Waals surface area contributed by atoms with Gasteiger partial charge in [0.1, 0.15) is 0 Å². The highest BCUT2D eigenvalue weighted by Crippen LogP contribution is 2.38. The van der Waals surface area contributed by atoms with Crippen LogP contribution in [-0.2, 0) is 26.4 Å². The molecule has 1 atom stereocenters. The molecule has 1 unspecified atom stereocenters. The highest BCUT2D eigenvalue weighted by molar-refractivity contribution is 6.00. The number of fused-ring (bicyclic) bond motifs is 3. The molecule has 0 saturated heterocycles. The summed E-state index contributed by atoms with van der Waals surface area (Å²) < 4.78 is 4.71. The topological polar surface area (TPSA) is 69.1 Å². The third kappa shape index (κ3) is 3.43. The van der Waals surface area contributed by atoms with Crippen molar-refractivity contribution in [3.05, 3.63) is 53.1 Å².